The second-order valence-electron chi connectivity index (χ2n) is 7.41. The summed E-state index contributed by atoms with van der Waals surface area (Å²) in [5, 5.41) is 9.68. The third-order valence-electron chi connectivity index (χ3n) is 5.14. The maximum Gasteiger partial charge on any atom is 0.248 e. The maximum absolute atomic E-state index is 6.12. The predicted molar refractivity (Wildman–Crippen MR) is 125 cm³/mol. The normalized spacial score (nSPS) is 15.0. The first-order valence-electron chi connectivity index (χ1n) is 10.3. The van der Waals surface area contributed by atoms with E-state index in [1.54, 1.807) is 17.5 Å². The number of aryl methyl sites for hydroxylation is 1. The second kappa shape index (κ2) is 8.99. The number of nitrogens with one attached hydrogen (secondary N) is 1. The number of anilines is 3. The Kier molecular flexibility index (Phi) is 5.75. The number of pyridine rings is 1. The van der Waals surface area contributed by atoms with E-state index in [9.17, 15) is 0 Å². The zero-order chi connectivity index (χ0) is 21.9. The Morgan fingerprint density at radius 2 is 2.09 bits per heavy atom. The van der Waals surface area contributed by atoms with Crippen molar-refractivity contribution < 1.29 is 4.74 Å². The third-order valence-corrected chi connectivity index (χ3v) is 6.23. The van der Waals surface area contributed by atoms with Gasteiger partial charge in [0.2, 0.25) is 11.9 Å². The fourth-order valence-electron chi connectivity index (χ4n) is 3.45. The molecular weight excluding hydrogens is 426 g/mol. The summed E-state index contributed by atoms with van der Waals surface area (Å²) in [5.74, 6) is 1.24. The number of morpholine rings is 1. The van der Waals surface area contributed by atoms with Crippen molar-refractivity contribution in [3.63, 3.8) is 0 Å². The molecule has 0 aromatic carbocycles. The highest BCUT2D eigenvalue weighted by molar-refractivity contribution is 7.17. The van der Waals surface area contributed by atoms with Crippen LogP contribution in [0.1, 0.15) is 11.3 Å². The molecular formula is C21H23N9OS. The molecule has 5 heterocycles. The quantitative estimate of drug-likeness (QED) is 0.458. The largest absolute Gasteiger partial charge is 0.379 e. The molecule has 11 heteroatoms. The molecule has 0 atom stereocenters. The van der Waals surface area contributed by atoms with Gasteiger partial charge < -0.3 is 15.8 Å². The van der Waals surface area contributed by atoms with E-state index in [2.05, 4.69) is 41.3 Å². The van der Waals surface area contributed by atoms with E-state index in [0.29, 0.717) is 11.8 Å². The summed E-state index contributed by atoms with van der Waals surface area (Å²) in [6, 6.07) is 3.88. The van der Waals surface area contributed by atoms with Gasteiger partial charge in [-0.25, -0.2) is 9.97 Å². The first-order valence-corrected chi connectivity index (χ1v) is 11.2. The average molecular weight is 450 g/mol. The number of fused-ring (bicyclic) bond motifs is 1. The average Bonchev–Trinajstić information content (AvgIpc) is 3.38. The van der Waals surface area contributed by atoms with Crippen molar-refractivity contribution in [2.75, 3.05) is 43.9 Å². The number of aromatic nitrogens is 6. The number of ether oxygens (including phenoxy) is 1. The smallest absolute Gasteiger partial charge is 0.248 e. The standard InChI is InChI=1S/C21H23N9OS/c1-14-12-32-18-17(14)24-13-25-19(18)30-20(22)27-21(28-30)26-16-5-4-15(23-11-16)3-2-6-29-7-9-31-10-8-29/h2-5,11-13H,6-10H2,1H3,(H3,22,26,27,28)/b3-2+. The lowest BCUT2D eigenvalue weighted by molar-refractivity contribution is 0.0435. The number of nitrogens with zero attached hydrogens (tertiary/aromatic N) is 7. The van der Waals surface area contributed by atoms with Crippen LogP contribution in [0.25, 0.3) is 22.1 Å². The van der Waals surface area contributed by atoms with Gasteiger partial charge in [-0.3, -0.25) is 9.88 Å². The molecule has 0 radical (unpaired) electrons. The van der Waals surface area contributed by atoms with Crippen molar-refractivity contribution in [3.8, 4) is 5.82 Å². The first kappa shape index (κ1) is 20.5. The van der Waals surface area contributed by atoms with Gasteiger partial charge >= 0.3 is 0 Å². The fraction of sp³-hybridized carbons (Fsp3) is 0.286. The SMILES string of the molecule is Cc1csc2c(-n3nc(Nc4ccc(/C=C/CN5CCOCC5)nc4)nc3N)ncnc12. The van der Waals surface area contributed by atoms with Crippen LogP contribution >= 0.6 is 11.3 Å². The van der Waals surface area contributed by atoms with Gasteiger partial charge in [0.15, 0.2) is 5.82 Å². The van der Waals surface area contributed by atoms with E-state index in [1.165, 1.54) is 11.0 Å². The molecule has 1 aliphatic heterocycles. The third kappa shape index (κ3) is 4.31. The number of hydrogen-bond acceptors (Lipinski definition) is 10. The van der Waals surface area contributed by atoms with Crippen molar-refractivity contribution in [1.29, 1.82) is 0 Å². The molecule has 0 aliphatic carbocycles. The second-order valence-corrected chi connectivity index (χ2v) is 8.29. The molecule has 3 N–H and O–H groups in total. The van der Waals surface area contributed by atoms with Crippen molar-refractivity contribution in [3.05, 3.63) is 47.4 Å². The molecule has 4 aromatic rings. The molecule has 32 heavy (non-hydrogen) atoms. The summed E-state index contributed by atoms with van der Waals surface area (Å²) < 4.78 is 7.82. The topological polar surface area (TPSA) is 120 Å². The Morgan fingerprint density at radius 1 is 1.22 bits per heavy atom. The zero-order valence-electron chi connectivity index (χ0n) is 17.6. The molecule has 10 nitrogen and oxygen atoms in total. The lowest BCUT2D eigenvalue weighted by Crippen LogP contribution is -2.36. The molecule has 0 amide bonds. The van der Waals surface area contributed by atoms with Gasteiger partial charge in [0.1, 0.15) is 6.33 Å². The molecule has 0 unspecified atom stereocenters. The minimum Gasteiger partial charge on any atom is -0.379 e. The maximum atomic E-state index is 6.12. The summed E-state index contributed by atoms with van der Waals surface area (Å²) in [4.78, 5) is 19.9. The summed E-state index contributed by atoms with van der Waals surface area (Å²) in [6.07, 6.45) is 7.41. The molecule has 164 valence electrons. The van der Waals surface area contributed by atoms with E-state index < -0.39 is 0 Å². The lowest BCUT2D eigenvalue weighted by Gasteiger charge is -2.25. The van der Waals surface area contributed by atoms with Crippen LogP contribution in [0.3, 0.4) is 0 Å². The summed E-state index contributed by atoms with van der Waals surface area (Å²) in [6.45, 7) is 6.45. The van der Waals surface area contributed by atoms with E-state index in [4.69, 9.17) is 10.5 Å². The first-order chi connectivity index (χ1) is 15.7. The van der Waals surface area contributed by atoms with Crippen LogP contribution in [0.2, 0.25) is 0 Å². The van der Waals surface area contributed by atoms with Gasteiger partial charge in [-0.05, 0) is 36.1 Å². The molecule has 5 rings (SSSR count). The Morgan fingerprint density at radius 3 is 2.91 bits per heavy atom. The minimum atomic E-state index is 0.245. The number of rotatable bonds is 6. The van der Waals surface area contributed by atoms with Gasteiger partial charge in [0, 0.05) is 19.6 Å². The predicted octanol–water partition coefficient (Wildman–Crippen LogP) is 2.65. The molecule has 0 saturated carbocycles. The highest BCUT2D eigenvalue weighted by Crippen LogP contribution is 2.28. The van der Waals surface area contributed by atoms with Gasteiger partial charge in [0.05, 0.1) is 41.0 Å². The molecule has 1 aliphatic rings. The Balaban J connectivity index is 1.27. The van der Waals surface area contributed by atoms with Crippen LogP contribution < -0.4 is 11.1 Å². The molecule has 0 bridgehead atoms. The summed E-state index contributed by atoms with van der Waals surface area (Å²) in [5.41, 5.74) is 9.77. The monoisotopic (exact) mass is 449 g/mol. The van der Waals surface area contributed by atoms with Crippen molar-refractivity contribution in [2.24, 2.45) is 0 Å². The molecule has 1 saturated heterocycles. The van der Waals surface area contributed by atoms with Gasteiger partial charge in [-0.15, -0.1) is 16.4 Å². The van der Waals surface area contributed by atoms with Gasteiger partial charge in [-0.1, -0.05) is 6.08 Å². The van der Waals surface area contributed by atoms with Crippen LogP contribution in [0.15, 0.2) is 36.1 Å². The Hall–Kier alpha value is -3.41. The molecule has 4 aromatic heterocycles. The van der Waals surface area contributed by atoms with Crippen molar-refractivity contribution in [2.45, 2.75) is 6.92 Å². The zero-order valence-corrected chi connectivity index (χ0v) is 18.4. The Bertz CT molecular complexity index is 1240. The van der Waals surface area contributed by atoms with Crippen molar-refractivity contribution >= 4 is 45.2 Å². The van der Waals surface area contributed by atoms with Crippen LogP contribution in [0.4, 0.5) is 17.6 Å². The highest BCUT2D eigenvalue weighted by atomic mass is 32.1. The lowest BCUT2D eigenvalue weighted by atomic mass is 10.3. The van der Waals surface area contributed by atoms with E-state index in [-0.39, 0.29) is 5.95 Å². The molecule has 0 spiro atoms. The van der Waals surface area contributed by atoms with Crippen LogP contribution in [-0.2, 0) is 4.74 Å². The number of nitrogens with two attached hydrogens (primary N) is 1. The highest BCUT2D eigenvalue weighted by Gasteiger charge is 2.15. The van der Waals surface area contributed by atoms with E-state index in [1.807, 2.05) is 30.5 Å². The van der Waals surface area contributed by atoms with Crippen molar-refractivity contribution in [1.82, 2.24) is 34.6 Å². The summed E-state index contributed by atoms with van der Waals surface area (Å²) in [7, 11) is 0. The van der Waals surface area contributed by atoms with Gasteiger partial charge in [-0.2, -0.15) is 9.67 Å². The Labute approximate surface area is 188 Å². The van der Waals surface area contributed by atoms with Crippen LogP contribution in [0.5, 0.6) is 0 Å². The van der Waals surface area contributed by atoms with E-state index >= 15 is 0 Å². The van der Waals surface area contributed by atoms with Crippen LogP contribution in [-0.4, -0.2) is 67.5 Å². The fourth-order valence-corrected chi connectivity index (χ4v) is 4.43. The minimum absolute atomic E-state index is 0.245. The number of hydrogen-bond donors (Lipinski definition) is 2. The van der Waals surface area contributed by atoms with Crippen LogP contribution in [0, 0.1) is 6.92 Å². The number of thiophene rings is 1. The molecule has 1 fully saturated rings. The number of nitrogen functional groups attached to an aromatic ring is 1. The summed E-state index contributed by atoms with van der Waals surface area (Å²) >= 11 is 1.56. The van der Waals surface area contributed by atoms with Gasteiger partial charge in [0.25, 0.3) is 0 Å². The van der Waals surface area contributed by atoms with E-state index in [0.717, 1.165) is 60.0 Å².